The van der Waals surface area contributed by atoms with Crippen molar-refractivity contribution in [1.29, 1.82) is 10.8 Å². The minimum atomic E-state index is 0.431. The Hall–Kier alpha value is -1.64. The molecule has 0 saturated heterocycles. The van der Waals surface area contributed by atoms with Crippen LogP contribution in [0.15, 0.2) is 24.3 Å². The molecule has 92 valence electrons. The number of aryl methyl sites for hydroxylation is 1. The molecule has 0 radical (unpaired) electrons. The fraction of sp³-hybridized carbons (Fsp3) is 0.429. The summed E-state index contributed by atoms with van der Waals surface area (Å²) in [5.41, 5.74) is 2.05. The fourth-order valence-electron chi connectivity index (χ4n) is 1.51. The van der Waals surface area contributed by atoms with E-state index in [1.54, 1.807) is 0 Å². The summed E-state index contributed by atoms with van der Waals surface area (Å²) >= 11 is 0. The van der Waals surface area contributed by atoms with Crippen LogP contribution in [0.25, 0.3) is 0 Å². The van der Waals surface area contributed by atoms with E-state index in [-0.39, 0.29) is 0 Å². The fourth-order valence-corrected chi connectivity index (χ4v) is 1.51. The molecule has 2 N–H and O–H groups in total. The number of hydrogen-bond donors (Lipinski definition) is 2. The van der Waals surface area contributed by atoms with E-state index >= 15 is 0 Å². The second-order valence-corrected chi connectivity index (χ2v) is 4.08. The predicted molar refractivity (Wildman–Crippen MR) is 71.7 cm³/mol. The lowest BCUT2D eigenvalue weighted by Gasteiger charge is -2.07. The smallest absolute Gasteiger partial charge is 0.119 e. The molecule has 3 nitrogen and oxygen atoms in total. The Morgan fingerprint density at radius 1 is 1.24 bits per heavy atom. The van der Waals surface area contributed by atoms with Crippen molar-refractivity contribution in [2.24, 2.45) is 0 Å². The van der Waals surface area contributed by atoms with Gasteiger partial charge in [0.15, 0.2) is 0 Å². The molecule has 1 rings (SSSR count). The zero-order chi connectivity index (χ0) is 12.7. The first-order valence-corrected chi connectivity index (χ1v) is 5.98. The van der Waals surface area contributed by atoms with Gasteiger partial charge >= 0.3 is 0 Å². The lowest BCUT2D eigenvalue weighted by molar-refractivity contribution is 0.313. The summed E-state index contributed by atoms with van der Waals surface area (Å²) in [5, 5.41) is 15.1. The Kier molecular flexibility index (Phi) is 5.40. The summed E-state index contributed by atoms with van der Waals surface area (Å²) in [6.45, 7) is 4.54. The average molecular weight is 232 g/mol. The molecular weight excluding hydrogens is 212 g/mol. The monoisotopic (exact) mass is 232 g/mol. The van der Waals surface area contributed by atoms with Gasteiger partial charge in [-0.25, -0.2) is 0 Å². The SMILES string of the molecule is CCC(=N)C(=N)CCCOc1cccc(C)c1. The second kappa shape index (κ2) is 6.84. The number of nitrogens with one attached hydrogen (secondary N) is 2. The molecule has 0 spiro atoms. The molecule has 3 heteroatoms. The van der Waals surface area contributed by atoms with Crippen molar-refractivity contribution in [2.45, 2.75) is 33.1 Å². The molecule has 0 fully saturated rings. The van der Waals surface area contributed by atoms with Crippen LogP contribution >= 0.6 is 0 Å². The molecule has 0 amide bonds. The molecule has 0 unspecified atom stereocenters. The Balaban J connectivity index is 2.25. The number of hydrogen-bond acceptors (Lipinski definition) is 3. The van der Waals surface area contributed by atoms with Gasteiger partial charge in [-0.05, 0) is 43.9 Å². The van der Waals surface area contributed by atoms with Crippen molar-refractivity contribution >= 4 is 11.4 Å². The molecule has 1 aromatic carbocycles. The maximum absolute atomic E-state index is 7.63. The van der Waals surface area contributed by atoms with Crippen molar-refractivity contribution in [2.75, 3.05) is 6.61 Å². The van der Waals surface area contributed by atoms with Gasteiger partial charge < -0.3 is 15.6 Å². The van der Waals surface area contributed by atoms with Crippen LogP contribution in [0.3, 0.4) is 0 Å². The molecule has 0 saturated carbocycles. The quantitative estimate of drug-likeness (QED) is 0.547. The van der Waals surface area contributed by atoms with Crippen LogP contribution in [0.2, 0.25) is 0 Å². The standard InChI is InChI=1S/C14H20N2O/c1-3-13(15)14(16)8-5-9-17-12-7-4-6-11(2)10-12/h4,6-7,10,15-16H,3,5,8-9H2,1-2H3. The zero-order valence-electron chi connectivity index (χ0n) is 10.5. The maximum atomic E-state index is 7.63. The van der Waals surface area contributed by atoms with Gasteiger partial charge in [0.1, 0.15) is 5.75 Å². The van der Waals surface area contributed by atoms with Gasteiger partial charge in [0.05, 0.1) is 18.0 Å². The van der Waals surface area contributed by atoms with Crippen molar-refractivity contribution in [3.05, 3.63) is 29.8 Å². The Bertz CT molecular complexity index is 399. The van der Waals surface area contributed by atoms with E-state index in [2.05, 4.69) is 0 Å². The Labute approximate surface area is 103 Å². The highest BCUT2D eigenvalue weighted by Gasteiger charge is 2.02. The maximum Gasteiger partial charge on any atom is 0.119 e. The Morgan fingerprint density at radius 3 is 2.65 bits per heavy atom. The summed E-state index contributed by atoms with van der Waals surface area (Å²) in [5.74, 6) is 0.877. The molecule has 0 aliphatic heterocycles. The molecule has 0 aliphatic carbocycles. The van der Waals surface area contributed by atoms with Gasteiger partial charge in [0.25, 0.3) is 0 Å². The van der Waals surface area contributed by atoms with Crippen LogP contribution < -0.4 is 4.74 Å². The van der Waals surface area contributed by atoms with Crippen molar-refractivity contribution in [3.8, 4) is 5.75 Å². The highest BCUT2D eigenvalue weighted by Crippen LogP contribution is 2.12. The van der Waals surface area contributed by atoms with Crippen molar-refractivity contribution in [1.82, 2.24) is 0 Å². The van der Waals surface area contributed by atoms with Gasteiger partial charge in [-0.15, -0.1) is 0 Å². The van der Waals surface area contributed by atoms with E-state index in [4.69, 9.17) is 15.6 Å². The van der Waals surface area contributed by atoms with Gasteiger partial charge in [-0.2, -0.15) is 0 Å². The van der Waals surface area contributed by atoms with Crippen molar-refractivity contribution < 1.29 is 4.74 Å². The first-order valence-electron chi connectivity index (χ1n) is 5.98. The molecule has 0 heterocycles. The number of rotatable bonds is 7. The number of benzene rings is 1. The summed E-state index contributed by atoms with van der Waals surface area (Å²) in [6.07, 6.45) is 2.05. The molecule has 0 aliphatic rings. The third-order valence-electron chi connectivity index (χ3n) is 2.55. The topological polar surface area (TPSA) is 56.9 Å². The molecule has 1 aromatic rings. The van der Waals surface area contributed by atoms with Crippen LogP contribution in [0.1, 0.15) is 31.7 Å². The van der Waals surface area contributed by atoms with E-state index in [9.17, 15) is 0 Å². The highest BCUT2D eigenvalue weighted by molar-refractivity contribution is 6.39. The van der Waals surface area contributed by atoms with Crippen LogP contribution in [0.4, 0.5) is 0 Å². The first kappa shape index (κ1) is 13.4. The summed E-state index contributed by atoms with van der Waals surface area (Å²) in [4.78, 5) is 0. The summed E-state index contributed by atoms with van der Waals surface area (Å²) in [7, 11) is 0. The van der Waals surface area contributed by atoms with E-state index in [0.717, 1.165) is 12.2 Å². The minimum absolute atomic E-state index is 0.431. The third kappa shape index (κ3) is 4.81. The predicted octanol–water partition coefficient (Wildman–Crippen LogP) is 3.60. The van der Waals surface area contributed by atoms with Crippen molar-refractivity contribution in [3.63, 3.8) is 0 Å². The molecule has 0 bridgehead atoms. The van der Waals surface area contributed by atoms with Gasteiger partial charge in [-0.3, -0.25) is 0 Å². The molecule has 0 atom stereocenters. The summed E-state index contributed by atoms with van der Waals surface area (Å²) < 4.78 is 5.58. The van der Waals surface area contributed by atoms with Crippen LogP contribution in [-0.4, -0.2) is 18.0 Å². The van der Waals surface area contributed by atoms with Gasteiger partial charge in [-0.1, -0.05) is 19.1 Å². The van der Waals surface area contributed by atoms with Gasteiger partial charge in [0, 0.05) is 0 Å². The highest BCUT2D eigenvalue weighted by atomic mass is 16.5. The van der Waals surface area contributed by atoms with E-state index in [1.165, 1.54) is 5.56 Å². The number of ether oxygens (including phenoxy) is 1. The average Bonchev–Trinajstić information content (AvgIpc) is 2.33. The lowest BCUT2D eigenvalue weighted by atomic mass is 10.1. The second-order valence-electron chi connectivity index (χ2n) is 4.08. The molecule has 17 heavy (non-hydrogen) atoms. The van der Waals surface area contributed by atoms with Crippen LogP contribution in [0, 0.1) is 17.7 Å². The third-order valence-corrected chi connectivity index (χ3v) is 2.55. The zero-order valence-corrected chi connectivity index (χ0v) is 10.5. The lowest BCUT2D eigenvalue weighted by Crippen LogP contribution is -2.11. The minimum Gasteiger partial charge on any atom is -0.494 e. The normalized spacial score (nSPS) is 10.0. The Morgan fingerprint density at radius 2 is 2.00 bits per heavy atom. The van der Waals surface area contributed by atoms with Crippen LogP contribution in [0.5, 0.6) is 5.75 Å². The largest absolute Gasteiger partial charge is 0.494 e. The molecule has 0 aromatic heterocycles. The van der Waals surface area contributed by atoms with E-state index in [1.807, 2.05) is 38.1 Å². The van der Waals surface area contributed by atoms with E-state index < -0.39 is 0 Å². The van der Waals surface area contributed by atoms with Gasteiger partial charge in [0.2, 0.25) is 0 Å². The molecular formula is C14H20N2O. The first-order chi connectivity index (χ1) is 8.13. The summed E-state index contributed by atoms with van der Waals surface area (Å²) in [6, 6.07) is 7.94. The van der Waals surface area contributed by atoms with E-state index in [0.29, 0.717) is 30.9 Å². The van der Waals surface area contributed by atoms with Crippen LogP contribution in [-0.2, 0) is 0 Å².